The molecule has 1 aromatic rings. The second kappa shape index (κ2) is 6.45. The van der Waals surface area contributed by atoms with Gasteiger partial charge in [0.05, 0.1) is 5.56 Å². The lowest BCUT2D eigenvalue weighted by atomic mass is 10.0. The summed E-state index contributed by atoms with van der Waals surface area (Å²) in [4.78, 5) is 13.7. The maximum absolute atomic E-state index is 13.3. The summed E-state index contributed by atoms with van der Waals surface area (Å²) >= 11 is 0. The van der Waals surface area contributed by atoms with E-state index >= 15 is 0 Å². The quantitative estimate of drug-likeness (QED) is 0.564. The van der Waals surface area contributed by atoms with Crippen LogP contribution in [0.4, 0.5) is 8.78 Å². The van der Waals surface area contributed by atoms with Gasteiger partial charge in [0.1, 0.15) is 11.6 Å². The average molecular weight is 241 g/mol. The third-order valence-electron chi connectivity index (χ3n) is 2.49. The number of halogens is 2. The Kier molecular flexibility index (Phi) is 5.22. The van der Waals surface area contributed by atoms with Crippen LogP contribution in [0.5, 0.6) is 0 Å². The second-order valence-electron chi connectivity index (χ2n) is 4.31. The molecule has 0 saturated heterocycles. The molecule has 0 radical (unpaired) electrons. The van der Waals surface area contributed by atoms with Gasteiger partial charge < -0.3 is 4.90 Å². The molecule has 0 aliphatic heterocycles. The number of nitrogens with zero attached hydrogens (tertiary/aromatic N) is 1. The van der Waals surface area contributed by atoms with Gasteiger partial charge in [0, 0.05) is 6.42 Å². The van der Waals surface area contributed by atoms with E-state index in [9.17, 15) is 13.6 Å². The van der Waals surface area contributed by atoms with Gasteiger partial charge in [-0.15, -0.1) is 0 Å². The summed E-state index contributed by atoms with van der Waals surface area (Å²) in [5.74, 6) is -1.56. The van der Waals surface area contributed by atoms with Crippen molar-refractivity contribution in [3.8, 4) is 0 Å². The molecule has 1 rings (SSSR count). The highest BCUT2D eigenvalue weighted by atomic mass is 19.1. The Morgan fingerprint density at radius 1 is 1.24 bits per heavy atom. The maximum Gasteiger partial charge on any atom is 0.165 e. The zero-order chi connectivity index (χ0) is 12.8. The molecule has 0 aromatic heterocycles. The molecule has 17 heavy (non-hydrogen) atoms. The number of ketones is 1. The molecule has 0 N–H and O–H groups in total. The second-order valence-corrected chi connectivity index (χ2v) is 4.31. The Labute approximate surface area is 100 Å². The topological polar surface area (TPSA) is 20.3 Å². The van der Waals surface area contributed by atoms with Gasteiger partial charge in [-0.05, 0) is 51.7 Å². The van der Waals surface area contributed by atoms with Gasteiger partial charge in [0.15, 0.2) is 5.78 Å². The molecule has 0 bridgehead atoms. The lowest BCUT2D eigenvalue weighted by molar-refractivity contribution is 0.0974. The van der Waals surface area contributed by atoms with Crippen LogP contribution >= 0.6 is 0 Å². The predicted octanol–water partition coefficient (Wildman–Crippen LogP) is 2.88. The van der Waals surface area contributed by atoms with Gasteiger partial charge in [-0.2, -0.15) is 0 Å². The number of benzene rings is 1. The monoisotopic (exact) mass is 241 g/mol. The average Bonchev–Trinajstić information content (AvgIpc) is 2.27. The van der Waals surface area contributed by atoms with Crippen molar-refractivity contribution in [1.82, 2.24) is 4.90 Å². The molecule has 0 aliphatic rings. The van der Waals surface area contributed by atoms with Crippen molar-refractivity contribution in [1.29, 1.82) is 0 Å². The molecule has 1 aromatic carbocycles. The van der Waals surface area contributed by atoms with E-state index in [0.29, 0.717) is 6.42 Å². The summed E-state index contributed by atoms with van der Waals surface area (Å²) in [5.41, 5.74) is -0.144. The van der Waals surface area contributed by atoms with Crippen LogP contribution in [-0.4, -0.2) is 31.3 Å². The first-order valence-electron chi connectivity index (χ1n) is 5.63. The fourth-order valence-corrected chi connectivity index (χ4v) is 1.56. The largest absolute Gasteiger partial charge is 0.309 e. The van der Waals surface area contributed by atoms with E-state index in [4.69, 9.17) is 0 Å². The first-order valence-corrected chi connectivity index (χ1v) is 5.63. The van der Waals surface area contributed by atoms with Crippen molar-refractivity contribution in [2.45, 2.75) is 19.3 Å². The van der Waals surface area contributed by atoms with Crippen LogP contribution in [0.1, 0.15) is 29.6 Å². The molecular formula is C13H17F2NO. The predicted molar refractivity (Wildman–Crippen MR) is 63.1 cm³/mol. The number of hydrogen-bond acceptors (Lipinski definition) is 2. The van der Waals surface area contributed by atoms with Crippen LogP contribution in [0, 0.1) is 11.6 Å². The van der Waals surface area contributed by atoms with Gasteiger partial charge in [-0.3, -0.25) is 4.79 Å². The standard InChI is InChI=1S/C13H17F2NO/c1-16(2)8-4-3-5-13(17)11-9-10(14)6-7-12(11)15/h6-7,9H,3-5,8H2,1-2H3. The summed E-state index contributed by atoms with van der Waals surface area (Å²) in [6.07, 6.45) is 1.82. The van der Waals surface area contributed by atoms with E-state index in [2.05, 4.69) is 0 Å². The first kappa shape index (κ1) is 13.8. The first-order chi connectivity index (χ1) is 8.00. The summed E-state index contributed by atoms with van der Waals surface area (Å²) in [5, 5.41) is 0. The van der Waals surface area contributed by atoms with E-state index in [1.54, 1.807) is 0 Å². The highest BCUT2D eigenvalue weighted by Gasteiger charge is 2.12. The number of carbonyl (C=O) groups excluding carboxylic acids is 1. The SMILES string of the molecule is CN(C)CCCCC(=O)c1cc(F)ccc1F. The van der Waals surface area contributed by atoms with Crippen LogP contribution in [0.25, 0.3) is 0 Å². The number of rotatable bonds is 6. The van der Waals surface area contributed by atoms with E-state index in [-0.39, 0.29) is 17.8 Å². The molecule has 0 unspecified atom stereocenters. The van der Waals surface area contributed by atoms with Crippen LogP contribution in [-0.2, 0) is 0 Å². The van der Waals surface area contributed by atoms with Gasteiger partial charge in [-0.25, -0.2) is 8.78 Å². The van der Waals surface area contributed by atoms with Crippen LogP contribution in [0.15, 0.2) is 18.2 Å². The highest BCUT2D eigenvalue weighted by molar-refractivity contribution is 5.96. The number of unbranched alkanes of at least 4 members (excludes halogenated alkanes) is 1. The smallest absolute Gasteiger partial charge is 0.165 e. The normalized spacial score (nSPS) is 10.9. The summed E-state index contributed by atoms with van der Waals surface area (Å²) in [6.45, 7) is 0.888. The van der Waals surface area contributed by atoms with Crippen LogP contribution in [0.2, 0.25) is 0 Å². The Balaban J connectivity index is 2.49. The molecular weight excluding hydrogens is 224 g/mol. The van der Waals surface area contributed by atoms with Gasteiger partial charge in [0.25, 0.3) is 0 Å². The number of Topliss-reactive ketones (excluding diaryl/α,β-unsaturated/α-hetero) is 1. The van der Waals surface area contributed by atoms with E-state index in [1.807, 2.05) is 19.0 Å². The van der Waals surface area contributed by atoms with Crippen molar-refractivity contribution in [2.75, 3.05) is 20.6 Å². The van der Waals surface area contributed by atoms with Crippen molar-refractivity contribution in [3.05, 3.63) is 35.4 Å². The molecule has 0 saturated carbocycles. The molecule has 0 atom stereocenters. The molecule has 0 fully saturated rings. The van der Waals surface area contributed by atoms with E-state index < -0.39 is 11.6 Å². The lowest BCUT2D eigenvalue weighted by Crippen LogP contribution is -2.13. The van der Waals surface area contributed by atoms with Gasteiger partial charge in [0.2, 0.25) is 0 Å². The minimum absolute atomic E-state index is 0.144. The summed E-state index contributed by atoms with van der Waals surface area (Å²) in [6, 6.07) is 2.96. The molecule has 4 heteroatoms. The molecule has 94 valence electrons. The Bertz CT molecular complexity index is 391. The van der Waals surface area contributed by atoms with E-state index in [1.165, 1.54) is 0 Å². The Morgan fingerprint density at radius 2 is 1.94 bits per heavy atom. The molecule has 0 heterocycles. The van der Waals surface area contributed by atoms with Crippen molar-refractivity contribution < 1.29 is 13.6 Å². The zero-order valence-electron chi connectivity index (χ0n) is 10.2. The third kappa shape index (κ3) is 4.61. The van der Waals surface area contributed by atoms with Gasteiger partial charge in [-0.1, -0.05) is 0 Å². The lowest BCUT2D eigenvalue weighted by Gasteiger charge is -2.08. The molecule has 2 nitrogen and oxygen atoms in total. The highest BCUT2D eigenvalue weighted by Crippen LogP contribution is 2.13. The van der Waals surface area contributed by atoms with Crippen LogP contribution < -0.4 is 0 Å². The van der Waals surface area contributed by atoms with Crippen molar-refractivity contribution in [2.24, 2.45) is 0 Å². The molecule has 0 spiro atoms. The fourth-order valence-electron chi connectivity index (χ4n) is 1.56. The van der Waals surface area contributed by atoms with E-state index in [0.717, 1.165) is 31.2 Å². The zero-order valence-corrected chi connectivity index (χ0v) is 10.2. The third-order valence-corrected chi connectivity index (χ3v) is 2.49. The van der Waals surface area contributed by atoms with Crippen molar-refractivity contribution >= 4 is 5.78 Å². The molecule has 0 aliphatic carbocycles. The number of hydrogen-bond donors (Lipinski definition) is 0. The summed E-state index contributed by atoms with van der Waals surface area (Å²) in [7, 11) is 3.90. The Hall–Kier alpha value is -1.29. The minimum Gasteiger partial charge on any atom is -0.309 e. The summed E-state index contributed by atoms with van der Waals surface area (Å²) < 4.78 is 26.1. The minimum atomic E-state index is -0.649. The fraction of sp³-hybridized carbons (Fsp3) is 0.462. The van der Waals surface area contributed by atoms with Crippen LogP contribution in [0.3, 0.4) is 0 Å². The number of carbonyl (C=O) groups is 1. The Morgan fingerprint density at radius 3 is 2.59 bits per heavy atom. The maximum atomic E-state index is 13.3. The molecule has 0 amide bonds. The van der Waals surface area contributed by atoms with Crippen molar-refractivity contribution in [3.63, 3.8) is 0 Å². The van der Waals surface area contributed by atoms with Gasteiger partial charge >= 0.3 is 0 Å².